The molecule has 0 amide bonds. The average Bonchev–Trinajstić information content (AvgIpc) is 3.26. The number of halogens is 2. The zero-order valence-corrected chi connectivity index (χ0v) is 34.2. The van der Waals surface area contributed by atoms with Crippen molar-refractivity contribution in [3.05, 3.63) is 126 Å². The molecule has 0 bridgehead atoms. The highest BCUT2D eigenvalue weighted by Gasteiger charge is 2.46. The van der Waals surface area contributed by atoms with Crippen molar-refractivity contribution < 1.29 is 55.1 Å². The van der Waals surface area contributed by atoms with Crippen LogP contribution in [-0.4, -0.2) is 119 Å². The Kier molecular flexibility index (Phi) is 17.4. The number of hydrogen-bond acceptors (Lipinski definition) is 9. The number of Topliss-reactive ketones (excluding diaryl/α,β-unsaturated/α-hetero) is 1. The van der Waals surface area contributed by atoms with Crippen LogP contribution in [0.25, 0.3) is 0 Å². The molecule has 298 valence electrons. The second-order valence-corrected chi connectivity index (χ2v) is 15.3. The Hall–Kier alpha value is -4.69. The standard InChI is InChI=1S/C40H31B9F2O10S/c41-10-20-1-23(13-44)29(24(2-20)14-45)9-34(52)30-7-32(37(53)59-19-40(50,51)62(56,57)58)33(39(55)61-36-27(17-48)5-22(12-43)6-28(36)18-49)8-31(30)38(54)60-35-25(15-46)3-21(11-42)4-26(35)16-47/h1-8H,9-19H2,(H,56,57,58). The van der Waals surface area contributed by atoms with E-state index in [0.717, 1.165) is 6.07 Å². The van der Waals surface area contributed by atoms with Gasteiger partial charge in [-0.3, -0.25) is 9.35 Å². The zero-order valence-electron chi connectivity index (χ0n) is 33.4. The molecule has 0 spiro atoms. The Balaban J connectivity index is 2.04. The van der Waals surface area contributed by atoms with Crippen molar-refractivity contribution in [2.24, 2.45) is 0 Å². The summed E-state index contributed by atoms with van der Waals surface area (Å²) in [6.07, 6.45) is -1.29. The van der Waals surface area contributed by atoms with Crippen LogP contribution in [0, 0.1) is 0 Å². The van der Waals surface area contributed by atoms with E-state index in [9.17, 15) is 36.4 Å². The normalized spacial score (nSPS) is 11.5. The van der Waals surface area contributed by atoms with Gasteiger partial charge in [-0.1, -0.05) is 121 Å². The molecular formula is C40H31B9F2O10S. The Labute approximate surface area is 371 Å². The maximum atomic E-state index is 14.5. The molecule has 4 aromatic carbocycles. The molecule has 0 aliphatic heterocycles. The monoisotopic (exact) mass is 840 g/mol. The molecule has 0 saturated carbocycles. The third-order valence-corrected chi connectivity index (χ3v) is 10.6. The van der Waals surface area contributed by atoms with Gasteiger partial charge in [0.05, 0.1) is 87.3 Å². The van der Waals surface area contributed by atoms with Crippen molar-refractivity contribution in [1.29, 1.82) is 0 Å². The molecule has 4 aromatic rings. The first-order valence-corrected chi connectivity index (χ1v) is 20.2. The molecular weight excluding hydrogens is 808 g/mol. The van der Waals surface area contributed by atoms with Crippen molar-refractivity contribution in [2.75, 3.05) is 6.61 Å². The maximum Gasteiger partial charge on any atom is 0.402 e. The molecule has 0 fully saturated rings. The van der Waals surface area contributed by atoms with Crippen LogP contribution in [0.2, 0.25) is 0 Å². The van der Waals surface area contributed by atoms with E-state index in [-0.39, 0.29) is 90.6 Å². The van der Waals surface area contributed by atoms with Gasteiger partial charge in [-0.05, 0) is 39.9 Å². The van der Waals surface area contributed by atoms with Gasteiger partial charge in [0.25, 0.3) is 0 Å². The van der Waals surface area contributed by atoms with E-state index in [1.54, 1.807) is 24.3 Å². The molecule has 1 N–H and O–H groups in total. The minimum atomic E-state index is -6.11. The Morgan fingerprint density at radius 3 is 1.16 bits per heavy atom. The van der Waals surface area contributed by atoms with Gasteiger partial charge in [0.1, 0.15) is 11.5 Å². The Morgan fingerprint density at radius 2 is 0.823 bits per heavy atom. The molecule has 0 heterocycles. The highest BCUT2D eigenvalue weighted by molar-refractivity contribution is 7.86. The second kappa shape index (κ2) is 21.6. The van der Waals surface area contributed by atoms with E-state index in [1.165, 1.54) is 12.1 Å². The predicted octanol–water partition coefficient (Wildman–Crippen LogP) is 2.20. The largest absolute Gasteiger partial charge is 0.454 e. The van der Waals surface area contributed by atoms with Gasteiger partial charge < -0.3 is 14.2 Å². The SMILES string of the molecule is [B]Cc1cc(C[B])c(CC(=O)c2cc(C(=O)OCC(F)(F)S(=O)(=O)O)c(C(=O)Oc3c(C[B])cc(C[B])cc3C[B])cc2C(=O)Oc2c(C[B])cc(C[B])cc2C[B])c(C[B])c1. The van der Waals surface area contributed by atoms with Crippen molar-refractivity contribution in [3.63, 3.8) is 0 Å². The summed E-state index contributed by atoms with van der Waals surface area (Å²) in [5.74, 6) is -5.73. The lowest BCUT2D eigenvalue weighted by molar-refractivity contribution is -0.00963. The zero-order chi connectivity index (χ0) is 46.1. The first-order valence-electron chi connectivity index (χ1n) is 18.8. The van der Waals surface area contributed by atoms with Gasteiger partial charge in [-0.15, -0.1) is 0 Å². The minimum absolute atomic E-state index is 0.0444. The van der Waals surface area contributed by atoms with Crippen molar-refractivity contribution >= 4 is 104 Å². The van der Waals surface area contributed by atoms with E-state index >= 15 is 0 Å². The minimum Gasteiger partial charge on any atom is -0.454 e. The lowest BCUT2D eigenvalue weighted by atomic mass is 9.80. The quantitative estimate of drug-likeness (QED) is 0.0462. The number of carbonyl (C=O) groups is 4. The van der Waals surface area contributed by atoms with Crippen LogP contribution in [0.3, 0.4) is 0 Å². The molecule has 62 heavy (non-hydrogen) atoms. The van der Waals surface area contributed by atoms with E-state index in [0.29, 0.717) is 39.4 Å². The summed E-state index contributed by atoms with van der Waals surface area (Å²) in [5, 5.41) is -5.02. The van der Waals surface area contributed by atoms with Crippen LogP contribution in [-0.2, 0) is 78.2 Å². The topological polar surface area (TPSA) is 150 Å². The summed E-state index contributed by atoms with van der Waals surface area (Å²) >= 11 is 0. The molecule has 22 heteroatoms. The number of benzene rings is 4. The molecule has 0 saturated heterocycles. The predicted molar refractivity (Wildman–Crippen MR) is 236 cm³/mol. The fourth-order valence-electron chi connectivity index (χ4n) is 6.53. The van der Waals surface area contributed by atoms with E-state index < -0.39 is 74.3 Å². The van der Waals surface area contributed by atoms with E-state index in [1.807, 2.05) is 0 Å². The van der Waals surface area contributed by atoms with Crippen LogP contribution in [0.1, 0.15) is 97.1 Å². The van der Waals surface area contributed by atoms with Gasteiger partial charge in [-0.25, -0.2) is 14.4 Å². The molecule has 0 aliphatic rings. The summed E-state index contributed by atoms with van der Waals surface area (Å²) in [4.78, 5) is 56.9. The number of ketones is 1. The highest BCUT2D eigenvalue weighted by Crippen LogP contribution is 2.33. The van der Waals surface area contributed by atoms with Gasteiger partial charge >= 0.3 is 33.3 Å². The van der Waals surface area contributed by atoms with Crippen molar-refractivity contribution in [1.82, 2.24) is 0 Å². The second-order valence-electron chi connectivity index (χ2n) is 13.7. The first-order chi connectivity index (χ1) is 29.3. The van der Waals surface area contributed by atoms with Crippen LogP contribution in [0.15, 0.2) is 48.5 Å². The lowest BCUT2D eigenvalue weighted by Gasteiger charge is -2.20. The smallest absolute Gasteiger partial charge is 0.402 e. The van der Waals surface area contributed by atoms with Crippen LogP contribution in [0.5, 0.6) is 11.5 Å². The van der Waals surface area contributed by atoms with Gasteiger partial charge in [-0.2, -0.15) is 17.2 Å². The third kappa shape index (κ3) is 11.3. The fourth-order valence-corrected chi connectivity index (χ4v) is 6.73. The summed E-state index contributed by atoms with van der Waals surface area (Å²) in [7, 11) is 47.3. The Morgan fingerprint density at radius 1 is 0.500 bits per heavy atom. The fraction of sp³-hybridized carbons (Fsp3) is 0.300. The molecule has 0 atom stereocenters. The number of esters is 3. The summed E-state index contributed by atoms with van der Waals surface area (Å²) in [6.45, 7) is -2.24. The van der Waals surface area contributed by atoms with Crippen molar-refractivity contribution in [3.8, 4) is 11.5 Å². The van der Waals surface area contributed by atoms with Crippen LogP contribution < -0.4 is 9.47 Å². The summed E-state index contributed by atoms with van der Waals surface area (Å²) in [6, 6.07) is 10.9. The van der Waals surface area contributed by atoms with Crippen molar-refractivity contribution in [2.45, 2.75) is 68.6 Å². The number of alkyl halides is 2. The van der Waals surface area contributed by atoms with Crippen LogP contribution in [0.4, 0.5) is 8.78 Å². The number of carbonyl (C=O) groups excluding carboxylic acids is 4. The lowest BCUT2D eigenvalue weighted by Crippen LogP contribution is -2.35. The number of rotatable bonds is 20. The maximum absolute atomic E-state index is 14.5. The Bertz CT molecular complexity index is 2410. The molecule has 0 aliphatic carbocycles. The number of hydrogen-bond donors (Lipinski definition) is 1. The van der Waals surface area contributed by atoms with Gasteiger partial charge in [0.2, 0.25) is 0 Å². The molecule has 0 aromatic heterocycles. The van der Waals surface area contributed by atoms with E-state index in [4.69, 9.17) is 84.6 Å². The van der Waals surface area contributed by atoms with Gasteiger partial charge in [0.15, 0.2) is 12.4 Å². The summed E-state index contributed by atoms with van der Waals surface area (Å²) < 4.78 is 76.7. The van der Waals surface area contributed by atoms with Crippen LogP contribution >= 0.6 is 0 Å². The third-order valence-electron chi connectivity index (χ3n) is 9.72. The number of ether oxygens (including phenoxy) is 3. The van der Waals surface area contributed by atoms with E-state index in [2.05, 4.69) is 4.74 Å². The highest BCUT2D eigenvalue weighted by atomic mass is 32.2. The summed E-state index contributed by atoms with van der Waals surface area (Å²) in [5.41, 5.74) is 0.920. The molecule has 18 radical (unpaired) electrons. The molecule has 4 rings (SSSR count). The average molecular weight is 839 g/mol. The molecule has 10 nitrogen and oxygen atoms in total. The van der Waals surface area contributed by atoms with Gasteiger partial charge in [0, 0.05) is 12.0 Å². The first kappa shape index (κ1) is 50.0. The molecule has 0 unspecified atom stereocenters.